The minimum Gasteiger partial charge on any atom is -0.485 e. The Morgan fingerprint density at radius 2 is 2.11 bits per heavy atom. The van der Waals surface area contributed by atoms with Gasteiger partial charge in [-0.25, -0.2) is 4.79 Å². The molecule has 4 N–H and O–H groups in total. The molecular weight excluding hydrogens is 232 g/mol. The SMILES string of the molecule is CC1(Oc2ccc(C(=O)O)cc2N)CCNCC1. The van der Waals surface area contributed by atoms with Crippen molar-refractivity contribution in [2.24, 2.45) is 0 Å². The Bertz CT molecular complexity index is 454. The molecule has 0 aromatic heterocycles. The number of carboxylic acids is 1. The number of nitrogen functional groups attached to an aromatic ring is 1. The molecule has 2 rings (SSSR count). The average Bonchev–Trinajstić information content (AvgIpc) is 2.32. The van der Waals surface area contributed by atoms with Crippen LogP contribution in [0.5, 0.6) is 5.75 Å². The van der Waals surface area contributed by atoms with Crippen molar-refractivity contribution < 1.29 is 14.6 Å². The molecule has 1 aliphatic heterocycles. The standard InChI is InChI=1S/C13H18N2O3/c1-13(4-6-15-7-5-13)18-11-3-2-9(12(16)17)8-10(11)14/h2-3,8,15H,4-7,14H2,1H3,(H,16,17). The average molecular weight is 250 g/mol. The van der Waals surface area contributed by atoms with Crippen molar-refractivity contribution in [2.75, 3.05) is 18.8 Å². The predicted molar refractivity (Wildman–Crippen MR) is 69.0 cm³/mol. The van der Waals surface area contributed by atoms with Crippen molar-refractivity contribution >= 4 is 11.7 Å². The van der Waals surface area contributed by atoms with Gasteiger partial charge in [-0.3, -0.25) is 0 Å². The van der Waals surface area contributed by atoms with Crippen LogP contribution in [0.3, 0.4) is 0 Å². The summed E-state index contributed by atoms with van der Waals surface area (Å²) in [5.74, 6) is -0.425. The minimum absolute atomic E-state index is 0.176. The molecule has 18 heavy (non-hydrogen) atoms. The number of hydrogen-bond donors (Lipinski definition) is 3. The van der Waals surface area contributed by atoms with Crippen LogP contribution in [0.4, 0.5) is 5.69 Å². The van der Waals surface area contributed by atoms with E-state index in [1.54, 1.807) is 6.07 Å². The van der Waals surface area contributed by atoms with Crippen molar-refractivity contribution in [3.05, 3.63) is 23.8 Å². The first kappa shape index (κ1) is 12.7. The summed E-state index contributed by atoms with van der Waals surface area (Å²) in [5.41, 5.74) is 6.15. The Morgan fingerprint density at radius 1 is 1.44 bits per heavy atom. The lowest BCUT2D eigenvalue weighted by atomic mass is 9.94. The smallest absolute Gasteiger partial charge is 0.335 e. The monoisotopic (exact) mass is 250 g/mol. The summed E-state index contributed by atoms with van der Waals surface area (Å²) in [6, 6.07) is 4.58. The molecule has 0 radical (unpaired) electrons. The van der Waals surface area contributed by atoms with Gasteiger partial charge in [-0.2, -0.15) is 0 Å². The number of benzene rings is 1. The van der Waals surface area contributed by atoms with Gasteiger partial charge in [0.1, 0.15) is 11.4 Å². The van der Waals surface area contributed by atoms with Crippen molar-refractivity contribution in [1.29, 1.82) is 0 Å². The third-order valence-corrected chi connectivity index (χ3v) is 3.27. The van der Waals surface area contributed by atoms with Gasteiger partial charge in [0.25, 0.3) is 0 Å². The van der Waals surface area contributed by atoms with Crippen LogP contribution in [0.2, 0.25) is 0 Å². The number of hydrogen-bond acceptors (Lipinski definition) is 4. The molecule has 98 valence electrons. The van der Waals surface area contributed by atoms with Gasteiger partial charge >= 0.3 is 5.97 Å². The molecule has 1 aromatic carbocycles. The van der Waals surface area contributed by atoms with Gasteiger partial charge in [-0.1, -0.05) is 0 Å². The molecule has 1 heterocycles. The van der Waals surface area contributed by atoms with Crippen molar-refractivity contribution in [1.82, 2.24) is 5.32 Å². The van der Waals surface area contributed by atoms with E-state index >= 15 is 0 Å². The number of nitrogens with two attached hydrogens (primary N) is 1. The Balaban J connectivity index is 2.16. The summed E-state index contributed by atoms with van der Waals surface area (Å²) in [7, 11) is 0. The number of ether oxygens (including phenoxy) is 1. The summed E-state index contributed by atoms with van der Waals surface area (Å²) in [6.07, 6.45) is 1.82. The lowest BCUT2D eigenvalue weighted by Crippen LogP contribution is -2.43. The number of carbonyl (C=O) groups is 1. The lowest BCUT2D eigenvalue weighted by Gasteiger charge is -2.35. The molecule has 0 saturated carbocycles. The maximum Gasteiger partial charge on any atom is 0.335 e. The van der Waals surface area contributed by atoms with E-state index in [9.17, 15) is 4.79 Å². The van der Waals surface area contributed by atoms with E-state index in [0.29, 0.717) is 11.4 Å². The second-order valence-electron chi connectivity index (χ2n) is 4.86. The topological polar surface area (TPSA) is 84.6 Å². The molecule has 0 aliphatic carbocycles. The molecule has 1 saturated heterocycles. The first-order valence-corrected chi connectivity index (χ1v) is 6.03. The molecule has 0 amide bonds. The summed E-state index contributed by atoms with van der Waals surface area (Å²) in [5, 5.41) is 12.1. The van der Waals surface area contributed by atoms with Crippen LogP contribution < -0.4 is 15.8 Å². The molecule has 0 bridgehead atoms. The van der Waals surface area contributed by atoms with Gasteiger partial charge in [0.05, 0.1) is 11.3 Å². The molecule has 5 nitrogen and oxygen atoms in total. The highest BCUT2D eigenvalue weighted by Crippen LogP contribution is 2.30. The Kier molecular flexibility index (Phi) is 3.43. The Hall–Kier alpha value is -1.75. The van der Waals surface area contributed by atoms with Crippen LogP contribution in [-0.4, -0.2) is 29.8 Å². The summed E-state index contributed by atoms with van der Waals surface area (Å²) in [4.78, 5) is 10.8. The van der Waals surface area contributed by atoms with E-state index in [0.717, 1.165) is 25.9 Å². The third kappa shape index (κ3) is 2.73. The van der Waals surface area contributed by atoms with Gasteiger partial charge in [-0.15, -0.1) is 0 Å². The fourth-order valence-electron chi connectivity index (χ4n) is 2.10. The van der Waals surface area contributed by atoms with Gasteiger partial charge in [0.15, 0.2) is 0 Å². The predicted octanol–water partition coefficient (Wildman–Crippen LogP) is 1.49. The van der Waals surface area contributed by atoms with Crippen LogP contribution in [0.25, 0.3) is 0 Å². The van der Waals surface area contributed by atoms with Crippen molar-refractivity contribution in [3.8, 4) is 5.75 Å². The highest BCUT2D eigenvalue weighted by atomic mass is 16.5. The molecular formula is C13H18N2O3. The van der Waals surface area contributed by atoms with Crippen LogP contribution in [0, 0.1) is 0 Å². The van der Waals surface area contributed by atoms with Crippen LogP contribution in [0.1, 0.15) is 30.1 Å². The second kappa shape index (κ2) is 4.86. The first-order chi connectivity index (χ1) is 8.50. The van der Waals surface area contributed by atoms with Gasteiger partial charge < -0.3 is 20.9 Å². The zero-order chi connectivity index (χ0) is 13.2. The van der Waals surface area contributed by atoms with E-state index < -0.39 is 5.97 Å². The summed E-state index contributed by atoms with van der Waals surface area (Å²) < 4.78 is 5.95. The summed E-state index contributed by atoms with van der Waals surface area (Å²) >= 11 is 0. The largest absolute Gasteiger partial charge is 0.485 e. The molecule has 1 fully saturated rings. The number of carboxylic acid groups (broad SMARTS) is 1. The van der Waals surface area contributed by atoms with Crippen molar-refractivity contribution in [2.45, 2.75) is 25.4 Å². The highest BCUT2D eigenvalue weighted by Gasteiger charge is 2.29. The minimum atomic E-state index is -0.985. The van der Waals surface area contributed by atoms with E-state index in [4.69, 9.17) is 15.6 Å². The van der Waals surface area contributed by atoms with E-state index in [-0.39, 0.29) is 11.2 Å². The molecule has 0 unspecified atom stereocenters. The number of rotatable bonds is 3. The third-order valence-electron chi connectivity index (χ3n) is 3.27. The van der Waals surface area contributed by atoms with Gasteiger partial charge in [0.2, 0.25) is 0 Å². The van der Waals surface area contributed by atoms with Crippen LogP contribution in [0.15, 0.2) is 18.2 Å². The van der Waals surface area contributed by atoms with Crippen molar-refractivity contribution in [3.63, 3.8) is 0 Å². The van der Waals surface area contributed by atoms with Gasteiger partial charge in [0, 0.05) is 0 Å². The number of piperidine rings is 1. The summed E-state index contributed by atoms with van der Waals surface area (Å²) in [6.45, 7) is 3.89. The molecule has 1 aliphatic rings. The fraction of sp³-hybridized carbons (Fsp3) is 0.462. The zero-order valence-corrected chi connectivity index (χ0v) is 10.4. The van der Waals surface area contributed by atoms with Crippen LogP contribution in [-0.2, 0) is 0 Å². The Morgan fingerprint density at radius 3 is 2.67 bits per heavy atom. The molecule has 5 heteroatoms. The number of nitrogens with one attached hydrogen (secondary N) is 1. The van der Waals surface area contributed by atoms with E-state index in [1.807, 2.05) is 0 Å². The molecule has 1 aromatic rings. The fourth-order valence-corrected chi connectivity index (χ4v) is 2.10. The van der Waals surface area contributed by atoms with E-state index in [2.05, 4.69) is 12.2 Å². The maximum absolute atomic E-state index is 10.8. The maximum atomic E-state index is 10.8. The van der Waals surface area contributed by atoms with Crippen LogP contribution >= 0.6 is 0 Å². The highest BCUT2D eigenvalue weighted by molar-refractivity contribution is 5.89. The zero-order valence-electron chi connectivity index (χ0n) is 10.4. The molecule has 0 spiro atoms. The lowest BCUT2D eigenvalue weighted by molar-refractivity contribution is 0.0563. The molecule has 0 atom stereocenters. The Labute approximate surface area is 106 Å². The van der Waals surface area contributed by atoms with Gasteiger partial charge in [-0.05, 0) is 51.1 Å². The quantitative estimate of drug-likeness (QED) is 0.708. The first-order valence-electron chi connectivity index (χ1n) is 6.03. The number of aromatic carboxylic acids is 1. The van der Waals surface area contributed by atoms with E-state index in [1.165, 1.54) is 12.1 Å². The number of anilines is 1. The second-order valence-corrected chi connectivity index (χ2v) is 4.86. The normalized spacial score (nSPS) is 18.3.